The van der Waals surface area contributed by atoms with Crippen LogP contribution in [0.15, 0.2) is 11.1 Å². The molecule has 6 rings (SSSR count). The molecule has 4 N–H and O–H groups in total. The van der Waals surface area contributed by atoms with Crippen molar-refractivity contribution in [2.75, 3.05) is 6.61 Å². The van der Waals surface area contributed by atoms with Crippen LogP contribution in [0.1, 0.15) is 86.5 Å². The Morgan fingerprint density at radius 1 is 1.08 bits per heavy atom. The van der Waals surface area contributed by atoms with Gasteiger partial charge in [-0.15, -0.1) is 0 Å². The van der Waals surface area contributed by atoms with E-state index in [1.807, 2.05) is 27.7 Å². The molecule has 0 radical (unpaired) electrons. The van der Waals surface area contributed by atoms with E-state index in [1.54, 1.807) is 6.92 Å². The molecule has 0 aromatic carbocycles. The maximum absolute atomic E-state index is 13.8. The lowest BCUT2D eigenvalue weighted by Gasteiger charge is -2.64. The van der Waals surface area contributed by atoms with Gasteiger partial charge in [0.1, 0.15) is 34.8 Å². The minimum absolute atomic E-state index is 0.0114. The van der Waals surface area contributed by atoms with Gasteiger partial charge in [-0.25, -0.2) is 4.79 Å². The van der Waals surface area contributed by atoms with Crippen LogP contribution in [-0.2, 0) is 23.8 Å². The second kappa shape index (κ2) is 8.13. The van der Waals surface area contributed by atoms with Crippen LogP contribution in [0.4, 0.5) is 0 Å². The van der Waals surface area contributed by atoms with E-state index in [1.165, 1.54) is 6.92 Å². The highest BCUT2D eigenvalue weighted by atomic mass is 16.6. The molecule has 4 aliphatic carbocycles. The molecule has 1 spiro atoms. The quantitative estimate of drug-likeness (QED) is 0.306. The summed E-state index contributed by atoms with van der Waals surface area (Å²) in [5, 5.41) is 48.4. The van der Waals surface area contributed by atoms with E-state index in [0.717, 1.165) is 5.57 Å². The second-order valence-corrected chi connectivity index (χ2v) is 13.9. The Hall–Kier alpha value is -1.36. The van der Waals surface area contributed by atoms with Gasteiger partial charge in [-0.3, -0.25) is 4.79 Å². The average Bonchev–Trinajstić information content (AvgIpc) is 3.57. The number of ketones is 1. The van der Waals surface area contributed by atoms with Crippen LogP contribution in [-0.4, -0.2) is 85.6 Å². The minimum Gasteiger partial charge on any atom is -0.455 e. The van der Waals surface area contributed by atoms with E-state index < -0.39 is 63.6 Å². The zero-order chi connectivity index (χ0) is 28.6. The molecule has 12 atom stereocenters. The lowest BCUT2D eigenvalue weighted by atomic mass is 9.41. The number of cyclic esters (lactones) is 1. The number of ether oxygens (including phenoxy) is 3. The van der Waals surface area contributed by atoms with Crippen molar-refractivity contribution in [2.45, 2.75) is 133 Å². The lowest BCUT2D eigenvalue weighted by molar-refractivity contribution is -0.284. The predicted octanol–water partition coefficient (Wildman–Crippen LogP) is 1.96. The van der Waals surface area contributed by atoms with Gasteiger partial charge in [0.2, 0.25) is 0 Å². The van der Waals surface area contributed by atoms with E-state index in [2.05, 4.69) is 0 Å². The number of carbonyl (C=O) groups is 2. The molecule has 0 bridgehead atoms. The summed E-state index contributed by atoms with van der Waals surface area (Å²) in [6, 6.07) is 0. The number of fused-ring (bicyclic) bond motifs is 4. The normalized spacial score (nSPS) is 54.2. The Morgan fingerprint density at radius 3 is 2.41 bits per heavy atom. The lowest BCUT2D eigenvalue weighted by Crippen LogP contribution is -2.74. The van der Waals surface area contributed by atoms with Gasteiger partial charge in [-0.05, 0) is 78.6 Å². The van der Waals surface area contributed by atoms with Crippen LogP contribution in [0, 0.1) is 22.7 Å². The topological polar surface area (TPSA) is 146 Å². The van der Waals surface area contributed by atoms with Crippen LogP contribution >= 0.6 is 0 Å². The third-order valence-corrected chi connectivity index (χ3v) is 12.9. The molecule has 1 saturated heterocycles. The molecule has 4 saturated carbocycles. The van der Waals surface area contributed by atoms with Crippen molar-refractivity contribution in [3.63, 3.8) is 0 Å². The van der Waals surface area contributed by atoms with Crippen molar-refractivity contribution in [1.29, 1.82) is 0 Å². The largest absolute Gasteiger partial charge is 0.455 e. The van der Waals surface area contributed by atoms with Crippen LogP contribution in [0.25, 0.3) is 0 Å². The fourth-order valence-electron chi connectivity index (χ4n) is 10.1. The monoisotopic (exact) mass is 548 g/mol. The van der Waals surface area contributed by atoms with Gasteiger partial charge in [0.25, 0.3) is 0 Å². The Bertz CT molecular complexity index is 1150. The molecule has 6 aliphatic rings. The zero-order valence-electron chi connectivity index (χ0n) is 24.0. The molecular weight excluding hydrogens is 504 g/mol. The van der Waals surface area contributed by atoms with E-state index in [-0.39, 0.29) is 36.9 Å². The summed E-state index contributed by atoms with van der Waals surface area (Å²) < 4.78 is 17.6. The van der Waals surface area contributed by atoms with Gasteiger partial charge in [0, 0.05) is 30.4 Å². The molecule has 0 unspecified atom stereocenters. The molecular formula is C30H44O9. The van der Waals surface area contributed by atoms with Gasteiger partial charge in [0.05, 0.1) is 23.2 Å². The molecule has 218 valence electrons. The summed E-state index contributed by atoms with van der Waals surface area (Å²) in [5.74, 6) is -1.14. The van der Waals surface area contributed by atoms with E-state index in [9.17, 15) is 30.0 Å². The first kappa shape index (κ1) is 27.8. The Kier molecular flexibility index (Phi) is 5.80. The number of Topliss-reactive ketones (excluding diaryl/α,β-unsaturated/α-hetero) is 1. The first-order valence-corrected chi connectivity index (χ1v) is 14.6. The number of esters is 1. The Morgan fingerprint density at radius 2 is 1.77 bits per heavy atom. The van der Waals surface area contributed by atoms with Gasteiger partial charge in [-0.1, -0.05) is 12.5 Å². The number of aliphatic hydroxyl groups excluding tert-OH is 1. The first-order valence-electron chi connectivity index (χ1n) is 14.6. The highest BCUT2D eigenvalue weighted by Crippen LogP contribution is 2.75. The molecule has 5 fully saturated rings. The van der Waals surface area contributed by atoms with Crippen LogP contribution < -0.4 is 0 Å². The third kappa shape index (κ3) is 2.97. The smallest absolute Gasteiger partial charge is 0.334 e. The Balaban J connectivity index is 1.36. The van der Waals surface area contributed by atoms with Crippen molar-refractivity contribution >= 4 is 11.8 Å². The maximum Gasteiger partial charge on any atom is 0.334 e. The number of hydrogen-bond acceptors (Lipinski definition) is 9. The van der Waals surface area contributed by atoms with Gasteiger partial charge in [0.15, 0.2) is 0 Å². The second-order valence-electron chi connectivity index (χ2n) is 13.9. The summed E-state index contributed by atoms with van der Waals surface area (Å²) in [6.45, 7) is 11.0. The van der Waals surface area contributed by atoms with E-state index in [0.29, 0.717) is 37.9 Å². The summed E-state index contributed by atoms with van der Waals surface area (Å²) in [6.07, 6.45) is -0.800. The molecule has 2 aliphatic heterocycles. The fourth-order valence-corrected chi connectivity index (χ4v) is 10.1. The highest BCUT2D eigenvalue weighted by Gasteiger charge is 2.85. The molecule has 39 heavy (non-hydrogen) atoms. The zero-order valence-corrected chi connectivity index (χ0v) is 24.0. The first-order chi connectivity index (χ1) is 18.1. The van der Waals surface area contributed by atoms with Gasteiger partial charge < -0.3 is 34.6 Å². The van der Waals surface area contributed by atoms with Gasteiger partial charge >= 0.3 is 5.97 Å². The summed E-state index contributed by atoms with van der Waals surface area (Å²) in [5.41, 5.74) is -6.78. The summed E-state index contributed by atoms with van der Waals surface area (Å²) >= 11 is 0. The molecule has 9 heteroatoms. The standard InChI is InChI=1S/C30H44O9/c1-7-37-19-14-20(31)26(5)17-8-9-25(4)28(35,18(17)13-22-30(26,39-22)23(19)32)10-11-29(25,36)27(6,34)21-12-15(2)16(3)24(33)38-21/h17-19,21-23,32,34-36H,7-14H2,1-6H3/t17-,18+,19-,21+,22+,23-,25-,26-,27-,28+,29-,30-/m0/s1. The molecule has 0 aromatic heterocycles. The summed E-state index contributed by atoms with van der Waals surface area (Å²) in [7, 11) is 0. The maximum atomic E-state index is 13.8. The van der Waals surface area contributed by atoms with E-state index >= 15 is 0 Å². The molecule has 0 amide bonds. The number of rotatable bonds is 4. The highest BCUT2D eigenvalue weighted by molar-refractivity contribution is 5.90. The SMILES string of the molecule is CCO[C@H]1CC(=O)[C@]2(C)[C@H]3CC[C@]4(C)[C@](O)([C@@](C)(O)[C@H]5CC(C)=C(C)C(=O)O5)CC[C@@]4(O)[C@@H]3C[C@H]3O[C@]32[C@H]1O. The third-order valence-electron chi connectivity index (χ3n) is 12.9. The van der Waals surface area contributed by atoms with E-state index in [4.69, 9.17) is 14.2 Å². The van der Waals surface area contributed by atoms with Crippen molar-refractivity contribution < 1.29 is 44.2 Å². The molecule has 0 aromatic rings. The molecule has 2 heterocycles. The predicted molar refractivity (Wildman–Crippen MR) is 138 cm³/mol. The minimum atomic E-state index is -1.82. The van der Waals surface area contributed by atoms with Crippen molar-refractivity contribution in [3.8, 4) is 0 Å². The molecule has 9 nitrogen and oxygen atoms in total. The number of epoxide rings is 1. The van der Waals surface area contributed by atoms with Crippen molar-refractivity contribution in [3.05, 3.63) is 11.1 Å². The van der Waals surface area contributed by atoms with Crippen LogP contribution in [0.2, 0.25) is 0 Å². The number of carbonyl (C=O) groups excluding carboxylic acids is 2. The van der Waals surface area contributed by atoms with Crippen molar-refractivity contribution in [1.82, 2.24) is 0 Å². The summed E-state index contributed by atoms with van der Waals surface area (Å²) in [4.78, 5) is 26.4. The van der Waals surface area contributed by atoms with Gasteiger partial charge in [-0.2, -0.15) is 0 Å². The van der Waals surface area contributed by atoms with Crippen LogP contribution in [0.5, 0.6) is 0 Å². The van der Waals surface area contributed by atoms with Crippen LogP contribution in [0.3, 0.4) is 0 Å². The Labute approximate surface area is 229 Å². The average molecular weight is 549 g/mol. The number of aliphatic hydroxyl groups is 4. The van der Waals surface area contributed by atoms with Crippen molar-refractivity contribution in [2.24, 2.45) is 22.7 Å². The fraction of sp³-hybridized carbons (Fsp3) is 0.867. The number of hydrogen-bond donors (Lipinski definition) is 4.